The summed E-state index contributed by atoms with van der Waals surface area (Å²) in [6.45, 7) is 1.75. The van der Waals surface area contributed by atoms with Gasteiger partial charge in [-0.3, -0.25) is 10.1 Å². The quantitative estimate of drug-likeness (QED) is 0.592. The minimum Gasteiger partial charge on any atom is -0.334 e. The summed E-state index contributed by atoms with van der Waals surface area (Å²) < 4.78 is 5.11. The van der Waals surface area contributed by atoms with Crippen molar-refractivity contribution in [2.24, 2.45) is 0 Å². The zero-order chi connectivity index (χ0) is 17.9. The maximum absolute atomic E-state index is 12.4. The van der Waals surface area contributed by atoms with Gasteiger partial charge in [0.05, 0.1) is 0 Å². The van der Waals surface area contributed by atoms with E-state index >= 15 is 0 Å². The molecule has 0 atom stereocenters. The second-order valence-corrected chi connectivity index (χ2v) is 6.43. The number of carbonyl (C=O) groups is 1. The minimum atomic E-state index is -0.256. The Morgan fingerprint density at radius 3 is 2.46 bits per heavy atom. The number of anilines is 1. The average molecular weight is 363 g/mol. The third-order valence-corrected chi connectivity index (χ3v) is 4.48. The van der Waals surface area contributed by atoms with E-state index in [1.807, 2.05) is 30.3 Å². The molecule has 1 amide bonds. The van der Waals surface area contributed by atoms with E-state index in [-0.39, 0.29) is 5.91 Å². The molecule has 2 aromatic carbocycles. The Morgan fingerprint density at radius 2 is 1.77 bits per heavy atom. The van der Waals surface area contributed by atoms with Gasteiger partial charge >= 0.3 is 0 Å². The number of amides is 1. The van der Waals surface area contributed by atoms with Gasteiger partial charge in [0.1, 0.15) is 5.01 Å². The van der Waals surface area contributed by atoms with Crippen LogP contribution in [0.2, 0.25) is 0 Å². The van der Waals surface area contributed by atoms with E-state index in [0.717, 1.165) is 16.1 Å². The van der Waals surface area contributed by atoms with Crippen molar-refractivity contribution in [3.8, 4) is 22.0 Å². The lowest BCUT2D eigenvalue weighted by Crippen LogP contribution is -2.11. The van der Waals surface area contributed by atoms with E-state index in [2.05, 4.69) is 25.7 Å². The Hall–Kier alpha value is -3.39. The second kappa shape index (κ2) is 6.85. The highest BCUT2D eigenvalue weighted by molar-refractivity contribution is 7.18. The summed E-state index contributed by atoms with van der Waals surface area (Å²) in [5.41, 5.74) is 2.22. The van der Waals surface area contributed by atoms with Gasteiger partial charge in [-0.25, -0.2) is 0 Å². The number of hydrogen-bond acceptors (Lipinski definition) is 7. The van der Waals surface area contributed by atoms with Crippen molar-refractivity contribution in [2.45, 2.75) is 6.92 Å². The molecule has 1 N–H and O–H groups in total. The Morgan fingerprint density at radius 1 is 1.00 bits per heavy atom. The largest absolute Gasteiger partial charge is 0.334 e. The van der Waals surface area contributed by atoms with Gasteiger partial charge in [0, 0.05) is 16.7 Å². The number of benzene rings is 2. The molecule has 0 bridgehead atoms. The number of aromatic nitrogens is 4. The number of rotatable bonds is 4. The van der Waals surface area contributed by atoms with E-state index in [1.165, 1.54) is 11.3 Å². The Bertz CT molecular complexity index is 1040. The molecule has 0 spiro atoms. The molecule has 4 rings (SSSR count). The normalized spacial score (nSPS) is 10.7. The Balaban J connectivity index is 1.47. The van der Waals surface area contributed by atoms with Crippen molar-refractivity contribution >= 4 is 22.4 Å². The van der Waals surface area contributed by atoms with Gasteiger partial charge in [0.2, 0.25) is 5.13 Å². The van der Waals surface area contributed by atoms with Crippen molar-refractivity contribution in [1.29, 1.82) is 0 Å². The van der Waals surface area contributed by atoms with Crippen molar-refractivity contribution in [3.63, 3.8) is 0 Å². The molecular formula is C18H13N5O2S. The van der Waals surface area contributed by atoms with E-state index < -0.39 is 0 Å². The van der Waals surface area contributed by atoms with E-state index in [9.17, 15) is 4.79 Å². The number of nitrogens with zero attached hydrogens (tertiary/aromatic N) is 4. The predicted octanol–water partition coefficient (Wildman–Crippen LogP) is 3.82. The van der Waals surface area contributed by atoms with Crippen LogP contribution in [0.3, 0.4) is 0 Å². The first-order valence-corrected chi connectivity index (χ1v) is 8.62. The predicted molar refractivity (Wildman–Crippen MR) is 97.8 cm³/mol. The summed E-state index contributed by atoms with van der Waals surface area (Å²) in [5.74, 6) is 0.729. The molecule has 0 fully saturated rings. The monoisotopic (exact) mass is 363 g/mol. The molecule has 0 aliphatic rings. The van der Waals surface area contributed by atoms with Crippen LogP contribution < -0.4 is 5.32 Å². The first-order valence-electron chi connectivity index (χ1n) is 7.80. The topological polar surface area (TPSA) is 93.8 Å². The number of carbonyl (C=O) groups excluding carboxylic acids is 1. The Kier molecular flexibility index (Phi) is 4.24. The van der Waals surface area contributed by atoms with Gasteiger partial charge in [-0.15, -0.1) is 10.2 Å². The minimum absolute atomic E-state index is 0.256. The maximum atomic E-state index is 12.4. The van der Waals surface area contributed by atoms with Gasteiger partial charge in [-0.05, 0) is 31.2 Å². The summed E-state index contributed by atoms with van der Waals surface area (Å²) in [5, 5.41) is 15.9. The number of aryl methyl sites for hydroxylation is 1. The van der Waals surface area contributed by atoms with Crippen LogP contribution in [-0.2, 0) is 0 Å². The van der Waals surface area contributed by atoms with Gasteiger partial charge in [0.15, 0.2) is 5.82 Å². The molecule has 0 aliphatic carbocycles. The Labute approximate surface area is 152 Å². The highest BCUT2D eigenvalue weighted by atomic mass is 32.1. The van der Waals surface area contributed by atoms with Crippen LogP contribution in [0.1, 0.15) is 16.2 Å². The molecule has 0 unspecified atom stereocenters. The summed E-state index contributed by atoms with van der Waals surface area (Å²) in [6.07, 6.45) is 0. The van der Waals surface area contributed by atoms with E-state index in [4.69, 9.17) is 4.52 Å². The highest BCUT2D eigenvalue weighted by Gasteiger charge is 2.12. The molecule has 0 saturated heterocycles. The fraction of sp³-hybridized carbons (Fsp3) is 0.0556. The molecular weight excluding hydrogens is 350 g/mol. The third kappa shape index (κ3) is 3.35. The lowest BCUT2D eigenvalue weighted by atomic mass is 10.1. The summed E-state index contributed by atoms with van der Waals surface area (Å²) in [7, 11) is 0. The van der Waals surface area contributed by atoms with Crippen LogP contribution >= 0.6 is 11.3 Å². The van der Waals surface area contributed by atoms with Crippen LogP contribution in [0.25, 0.3) is 22.0 Å². The zero-order valence-corrected chi connectivity index (χ0v) is 14.5. The second-order valence-electron chi connectivity index (χ2n) is 5.46. The van der Waals surface area contributed by atoms with Crippen molar-refractivity contribution in [1.82, 2.24) is 20.3 Å². The highest BCUT2D eigenvalue weighted by Crippen LogP contribution is 2.26. The van der Waals surface area contributed by atoms with Gasteiger partial charge in [0.25, 0.3) is 11.8 Å². The number of hydrogen-bond donors (Lipinski definition) is 1. The van der Waals surface area contributed by atoms with E-state index in [1.54, 1.807) is 31.2 Å². The summed E-state index contributed by atoms with van der Waals surface area (Å²) in [6, 6.07) is 16.6. The molecule has 2 heterocycles. The molecule has 8 heteroatoms. The van der Waals surface area contributed by atoms with Crippen LogP contribution in [0.5, 0.6) is 0 Å². The maximum Gasteiger partial charge on any atom is 0.257 e. The smallest absolute Gasteiger partial charge is 0.257 e. The molecule has 4 aromatic rings. The van der Waals surface area contributed by atoms with Crippen LogP contribution in [-0.4, -0.2) is 26.2 Å². The average Bonchev–Trinajstić information content (AvgIpc) is 3.32. The molecule has 0 aliphatic heterocycles. The van der Waals surface area contributed by atoms with Gasteiger partial charge < -0.3 is 4.52 Å². The SMILES string of the molecule is Cc1noc(-c2ccc(C(=O)Nc3nnc(-c4ccccc4)s3)cc2)n1. The van der Waals surface area contributed by atoms with Gasteiger partial charge in [-0.1, -0.05) is 46.8 Å². The lowest BCUT2D eigenvalue weighted by molar-refractivity contribution is 0.102. The molecule has 128 valence electrons. The van der Waals surface area contributed by atoms with E-state index in [0.29, 0.717) is 22.4 Å². The first-order chi connectivity index (χ1) is 12.7. The van der Waals surface area contributed by atoms with Crippen molar-refractivity contribution < 1.29 is 9.32 Å². The van der Waals surface area contributed by atoms with Crippen LogP contribution in [0.15, 0.2) is 59.1 Å². The first kappa shape index (κ1) is 16.1. The molecule has 2 aromatic heterocycles. The molecule has 7 nitrogen and oxygen atoms in total. The van der Waals surface area contributed by atoms with Crippen LogP contribution in [0, 0.1) is 6.92 Å². The summed E-state index contributed by atoms with van der Waals surface area (Å²) in [4.78, 5) is 16.5. The van der Waals surface area contributed by atoms with Crippen molar-refractivity contribution in [3.05, 3.63) is 66.0 Å². The number of nitrogens with one attached hydrogen (secondary N) is 1. The van der Waals surface area contributed by atoms with Gasteiger partial charge in [-0.2, -0.15) is 4.98 Å². The van der Waals surface area contributed by atoms with Crippen LogP contribution in [0.4, 0.5) is 5.13 Å². The summed E-state index contributed by atoms with van der Waals surface area (Å²) >= 11 is 1.32. The fourth-order valence-corrected chi connectivity index (χ4v) is 3.06. The zero-order valence-electron chi connectivity index (χ0n) is 13.7. The molecule has 26 heavy (non-hydrogen) atoms. The molecule has 0 saturated carbocycles. The van der Waals surface area contributed by atoms with Crippen molar-refractivity contribution in [2.75, 3.05) is 5.32 Å². The lowest BCUT2D eigenvalue weighted by Gasteiger charge is -2.01. The third-order valence-electron chi connectivity index (χ3n) is 3.59. The molecule has 0 radical (unpaired) electrons. The fourth-order valence-electron chi connectivity index (χ4n) is 2.32. The standard InChI is InChI=1S/C18H13N5O2S/c1-11-19-16(25-23-11)13-9-7-12(8-10-13)15(24)20-18-22-21-17(26-18)14-5-3-2-4-6-14/h2-10H,1H3,(H,20,22,24).